The van der Waals surface area contributed by atoms with Crippen molar-refractivity contribution in [3.05, 3.63) is 0 Å². The van der Waals surface area contributed by atoms with Crippen LogP contribution in [0.25, 0.3) is 0 Å². The summed E-state index contributed by atoms with van der Waals surface area (Å²) in [5.41, 5.74) is 0. The topological polar surface area (TPSA) is 166 Å². The van der Waals surface area contributed by atoms with Gasteiger partial charge in [0.2, 0.25) is 0 Å². The van der Waals surface area contributed by atoms with E-state index in [9.17, 15) is 0 Å². The number of hydrogen-bond donors (Lipinski definition) is 5. The summed E-state index contributed by atoms with van der Waals surface area (Å²) < 4.78 is 33.8. The summed E-state index contributed by atoms with van der Waals surface area (Å²) in [6.07, 6.45) is 0. The van der Waals surface area contributed by atoms with Crippen LogP contribution in [0.1, 0.15) is 66.8 Å². The van der Waals surface area contributed by atoms with Gasteiger partial charge in [0, 0.05) is 76.0 Å². The molecule has 0 aliphatic heterocycles. The number of rotatable bonds is 7. The fourth-order valence-corrected chi connectivity index (χ4v) is 1.50. The summed E-state index contributed by atoms with van der Waals surface area (Å²) >= 11 is 0. The summed E-state index contributed by atoms with van der Waals surface area (Å²) in [4.78, 5) is 39.9. The Morgan fingerprint density at radius 1 is 0.333 bits per heavy atom. The first-order valence-corrected chi connectivity index (χ1v) is 16.5. The third-order valence-corrected chi connectivity index (χ3v) is 7.83. The number of hydrogen-bond acceptors (Lipinski definition) is 12. The average molecular weight is 619 g/mol. The highest BCUT2D eigenvalue weighted by atomic mass is 28.4. The van der Waals surface area contributed by atoms with Crippen LogP contribution < -0.4 is 0 Å². The Morgan fingerprint density at radius 2 is 0.417 bits per heavy atom. The van der Waals surface area contributed by atoms with Crippen molar-refractivity contribution in [2.24, 2.45) is 0 Å². The Balaban J connectivity index is -0.0000000166. The molecule has 0 fully saturated rings. The Hall–Kier alpha value is 0.388. The highest BCUT2D eigenvalue weighted by molar-refractivity contribution is 6.59. The first-order chi connectivity index (χ1) is 11.9. The molecular formula is C20H74O12Si4. The Kier molecular flexibility index (Phi) is 98.3. The lowest BCUT2D eigenvalue weighted by atomic mass is 11.8. The lowest BCUT2D eigenvalue weighted by Gasteiger charge is -2.18. The monoisotopic (exact) mass is 618 g/mol. The van der Waals surface area contributed by atoms with Crippen LogP contribution in [0.4, 0.5) is 0 Å². The lowest BCUT2D eigenvalue weighted by molar-refractivity contribution is 0.131. The highest BCUT2D eigenvalue weighted by Crippen LogP contribution is 2.02. The second kappa shape index (κ2) is 42.5. The third-order valence-electron chi connectivity index (χ3n) is 2.61. The maximum Gasteiger partial charge on any atom is 0.496 e. The van der Waals surface area contributed by atoms with Crippen LogP contribution in [0.3, 0.4) is 0 Å². The molecule has 0 aliphatic carbocycles. The van der Waals surface area contributed by atoms with Crippen LogP contribution in [-0.4, -0.2) is 109 Å². The van der Waals surface area contributed by atoms with E-state index in [2.05, 4.69) is 4.43 Å². The summed E-state index contributed by atoms with van der Waals surface area (Å²) in [6, 6.07) is 0. The van der Waals surface area contributed by atoms with E-state index >= 15 is 0 Å². The minimum atomic E-state index is -3.61. The smallest absolute Gasteiger partial charge is 0.390 e. The molecule has 0 radical (unpaired) electrons. The van der Waals surface area contributed by atoms with Crippen LogP contribution in [0.2, 0.25) is 26.2 Å². The predicted octanol–water partition coefficient (Wildman–Crippen LogP) is 4.43. The van der Waals surface area contributed by atoms with Gasteiger partial charge in [-0.1, -0.05) is 66.8 Å². The molecule has 12 nitrogen and oxygen atoms in total. The van der Waals surface area contributed by atoms with Crippen molar-refractivity contribution in [1.82, 2.24) is 0 Å². The quantitative estimate of drug-likeness (QED) is 0.255. The maximum atomic E-state index is 8.30. The van der Waals surface area contributed by atoms with Gasteiger partial charge in [-0.2, -0.15) is 0 Å². The Bertz CT molecular complexity index is 284. The zero-order chi connectivity index (χ0) is 22.9. The van der Waals surface area contributed by atoms with Gasteiger partial charge in [0.15, 0.2) is 0 Å². The molecule has 0 heterocycles. The second-order valence-electron chi connectivity index (χ2n) is 5.06. The molecule has 0 unspecified atom stereocenters. The molecule has 0 atom stereocenters. The van der Waals surface area contributed by atoms with Crippen LogP contribution in [0.5, 0.6) is 0 Å². The van der Waals surface area contributed by atoms with Crippen molar-refractivity contribution < 1.29 is 55.0 Å². The van der Waals surface area contributed by atoms with E-state index in [4.69, 9.17) is 50.5 Å². The largest absolute Gasteiger partial charge is 0.496 e. The Morgan fingerprint density at radius 3 is 0.417 bits per heavy atom. The molecule has 0 saturated heterocycles. The molecule has 242 valence electrons. The van der Waals surface area contributed by atoms with Gasteiger partial charge in [-0.05, 0) is 0 Å². The molecule has 0 aromatic rings. The van der Waals surface area contributed by atoms with E-state index in [1.165, 1.54) is 13.7 Å². The molecule has 36 heavy (non-hydrogen) atoms. The van der Waals surface area contributed by atoms with Crippen molar-refractivity contribution in [2.75, 3.05) is 49.8 Å². The zero-order valence-corrected chi connectivity index (χ0v) is 22.1. The van der Waals surface area contributed by atoms with Gasteiger partial charge in [0.05, 0.1) is 0 Å². The zero-order valence-electron chi connectivity index (χ0n) is 18.1. The fourth-order valence-electron chi connectivity index (χ4n) is 0.500. The molecule has 0 aliphatic rings. The highest BCUT2D eigenvalue weighted by Gasteiger charge is 2.30. The van der Waals surface area contributed by atoms with Crippen molar-refractivity contribution in [3.63, 3.8) is 0 Å². The average Bonchev–Trinajstić information content (AvgIpc) is 2.59. The molecule has 0 rings (SSSR count). The molecule has 5 N–H and O–H groups in total. The molecule has 0 aromatic carbocycles. The molecule has 0 amide bonds. The van der Waals surface area contributed by atoms with Crippen molar-refractivity contribution >= 4 is 35.2 Å². The van der Waals surface area contributed by atoms with Crippen LogP contribution in [0, 0.1) is 0 Å². The first kappa shape index (κ1) is 83.3. The van der Waals surface area contributed by atoms with Crippen molar-refractivity contribution in [1.29, 1.82) is 0 Å². The first-order valence-electron chi connectivity index (χ1n) is 7.40. The van der Waals surface area contributed by atoms with E-state index in [1.54, 1.807) is 42.7 Å². The molecule has 0 bridgehead atoms. The van der Waals surface area contributed by atoms with E-state index in [0.717, 1.165) is 6.55 Å². The van der Waals surface area contributed by atoms with E-state index in [-0.39, 0.29) is 66.8 Å². The molecular weight excluding hydrogens is 545 g/mol. The van der Waals surface area contributed by atoms with E-state index < -0.39 is 35.2 Å². The summed E-state index contributed by atoms with van der Waals surface area (Å²) in [7, 11) is -0.319. The molecule has 16 heteroatoms. The molecule has 0 spiro atoms. The Labute approximate surface area is 233 Å². The minimum Gasteiger partial charge on any atom is -0.390 e. The van der Waals surface area contributed by atoms with Crippen LogP contribution >= 0.6 is 0 Å². The molecule has 0 saturated carbocycles. The van der Waals surface area contributed by atoms with Gasteiger partial charge in [-0.3, -0.25) is 0 Å². The van der Waals surface area contributed by atoms with Crippen LogP contribution in [-0.2, 0) is 31.0 Å². The van der Waals surface area contributed by atoms with Crippen molar-refractivity contribution in [2.45, 2.75) is 93.0 Å². The molecule has 0 aromatic heterocycles. The standard InChI is InChI=1S/2C4H12O3Si.C2H8O3Si.CH6O3Si.9CH4/c2*1-5-8(4,6-2)7-3;1-5-6(2,3)4;1-5(2,3)4;;;;;;;;;/h2*1-4H3;3-4H,1-2H3;2-4H,1H3;9*1H4. The normalized spacial score (nSPS) is 9.00. The third kappa shape index (κ3) is 83.8. The predicted molar refractivity (Wildman–Crippen MR) is 167 cm³/mol. The van der Waals surface area contributed by atoms with Gasteiger partial charge in [-0.25, -0.2) is 0 Å². The van der Waals surface area contributed by atoms with Gasteiger partial charge in [-0.15, -0.1) is 0 Å². The summed E-state index contributed by atoms with van der Waals surface area (Å²) in [5, 5.41) is 0. The van der Waals surface area contributed by atoms with Gasteiger partial charge >= 0.3 is 35.2 Å². The lowest BCUT2D eigenvalue weighted by Crippen LogP contribution is -2.38. The maximum absolute atomic E-state index is 8.30. The van der Waals surface area contributed by atoms with Gasteiger partial charge in [0.25, 0.3) is 0 Å². The summed E-state index contributed by atoms with van der Waals surface area (Å²) in [5.74, 6) is 0. The summed E-state index contributed by atoms with van der Waals surface area (Å²) in [6.45, 7) is 5.92. The van der Waals surface area contributed by atoms with Gasteiger partial charge in [0.1, 0.15) is 0 Å². The van der Waals surface area contributed by atoms with Crippen molar-refractivity contribution in [3.8, 4) is 0 Å². The second-order valence-corrected chi connectivity index (χ2v) is 15.2. The van der Waals surface area contributed by atoms with Gasteiger partial charge < -0.3 is 55.0 Å². The fraction of sp³-hybridized carbons (Fsp3) is 1.00. The van der Waals surface area contributed by atoms with E-state index in [1.807, 2.05) is 13.1 Å². The minimum absolute atomic E-state index is 0. The SMILES string of the molecule is C.C.C.C.C.C.C.C.C.CO[Si](C)(O)O.CO[Si](C)(OC)OC.CO[Si](C)(OC)OC.C[Si](O)(O)O. The van der Waals surface area contributed by atoms with E-state index in [0.29, 0.717) is 0 Å². The van der Waals surface area contributed by atoms with Crippen LogP contribution in [0.15, 0.2) is 0 Å².